The minimum Gasteiger partial charge on any atom is -0.462 e. The molecule has 6 nitrogen and oxygen atoms in total. The zero-order valence-corrected chi connectivity index (χ0v) is 36.7. The van der Waals surface area contributed by atoms with Gasteiger partial charge in [0.05, 0.1) is 0 Å². The maximum absolute atomic E-state index is 12.7. The summed E-state index contributed by atoms with van der Waals surface area (Å²) in [5, 5.41) is 0. The lowest BCUT2D eigenvalue weighted by Crippen LogP contribution is -2.30. The predicted octanol–water partition coefficient (Wildman–Crippen LogP) is 15.1. The summed E-state index contributed by atoms with van der Waals surface area (Å²) in [6, 6.07) is 0. The molecule has 0 unspecified atom stereocenters. The number of rotatable bonds is 43. The quantitative estimate of drug-likeness (QED) is 0.0349. The van der Waals surface area contributed by atoms with Gasteiger partial charge in [0.25, 0.3) is 0 Å². The fourth-order valence-corrected chi connectivity index (χ4v) is 7.16. The first kappa shape index (κ1) is 52.4. The van der Waals surface area contributed by atoms with Gasteiger partial charge in [-0.2, -0.15) is 0 Å². The van der Waals surface area contributed by atoms with Crippen LogP contribution >= 0.6 is 0 Å². The number of unbranched alkanes of at least 4 members (excludes halogenated alkanes) is 30. The van der Waals surface area contributed by atoms with E-state index in [0.29, 0.717) is 19.3 Å². The zero-order valence-electron chi connectivity index (χ0n) is 36.7. The first-order valence-electron chi connectivity index (χ1n) is 23.9. The van der Waals surface area contributed by atoms with Gasteiger partial charge >= 0.3 is 17.9 Å². The van der Waals surface area contributed by atoms with Gasteiger partial charge in [-0.1, -0.05) is 227 Å². The normalized spacial score (nSPS) is 11.9. The fraction of sp³-hybridized carbons (Fsp3) is 0.938. The third-order valence-corrected chi connectivity index (χ3v) is 10.8. The van der Waals surface area contributed by atoms with E-state index in [1.165, 1.54) is 161 Å². The first-order chi connectivity index (χ1) is 26.4. The Morgan fingerprint density at radius 3 is 0.907 bits per heavy atom. The van der Waals surface area contributed by atoms with Crippen LogP contribution in [0.1, 0.15) is 265 Å². The molecular weight excluding hydrogens is 673 g/mol. The highest BCUT2D eigenvalue weighted by Crippen LogP contribution is 2.16. The van der Waals surface area contributed by atoms with E-state index in [1.807, 2.05) is 0 Å². The molecule has 0 aliphatic carbocycles. The maximum atomic E-state index is 12.7. The van der Waals surface area contributed by atoms with Gasteiger partial charge in [0.15, 0.2) is 6.10 Å². The predicted molar refractivity (Wildman–Crippen MR) is 229 cm³/mol. The van der Waals surface area contributed by atoms with Crippen LogP contribution in [0.2, 0.25) is 0 Å². The van der Waals surface area contributed by atoms with Crippen molar-refractivity contribution < 1.29 is 28.6 Å². The summed E-state index contributed by atoms with van der Waals surface area (Å²) in [4.78, 5) is 37.6. The average Bonchev–Trinajstić information content (AvgIpc) is 3.15. The monoisotopic (exact) mass is 765 g/mol. The Labute approximate surface area is 336 Å². The van der Waals surface area contributed by atoms with Crippen LogP contribution in [0.5, 0.6) is 0 Å². The lowest BCUT2D eigenvalue weighted by Gasteiger charge is -2.18. The van der Waals surface area contributed by atoms with Gasteiger partial charge in [-0.3, -0.25) is 14.4 Å². The molecule has 0 N–H and O–H groups in total. The van der Waals surface area contributed by atoms with Crippen molar-refractivity contribution in [3.8, 4) is 0 Å². The third kappa shape index (κ3) is 41.6. The van der Waals surface area contributed by atoms with E-state index in [1.54, 1.807) is 0 Å². The van der Waals surface area contributed by atoms with Crippen LogP contribution in [0.15, 0.2) is 0 Å². The molecular formula is C48H92O6. The minimum absolute atomic E-state index is 0.0643. The molecule has 0 aliphatic heterocycles. The molecule has 0 radical (unpaired) electrons. The van der Waals surface area contributed by atoms with Crippen LogP contribution in [0, 0.1) is 5.92 Å². The van der Waals surface area contributed by atoms with Crippen LogP contribution in [-0.4, -0.2) is 37.2 Å². The second-order valence-corrected chi connectivity index (χ2v) is 16.9. The van der Waals surface area contributed by atoms with Crippen molar-refractivity contribution in [3.05, 3.63) is 0 Å². The van der Waals surface area contributed by atoms with Gasteiger partial charge in [-0.25, -0.2) is 0 Å². The second kappa shape index (κ2) is 42.6. The molecule has 0 spiro atoms. The smallest absolute Gasteiger partial charge is 0.306 e. The molecule has 0 saturated heterocycles. The van der Waals surface area contributed by atoms with Gasteiger partial charge < -0.3 is 14.2 Å². The summed E-state index contributed by atoms with van der Waals surface area (Å²) in [6.45, 7) is 8.93. The first-order valence-corrected chi connectivity index (χ1v) is 23.9. The zero-order chi connectivity index (χ0) is 39.6. The summed E-state index contributed by atoms with van der Waals surface area (Å²) in [5.41, 5.74) is 0. The lowest BCUT2D eigenvalue weighted by molar-refractivity contribution is -0.167. The molecule has 320 valence electrons. The second-order valence-electron chi connectivity index (χ2n) is 16.9. The van der Waals surface area contributed by atoms with Crippen molar-refractivity contribution in [2.75, 3.05) is 13.2 Å². The van der Waals surface area contributed by atoms with Crippen molar-refractivity contribution in [1.82, 2.24) is 0 Å². The van der Waals surface area contributed by atoms with E-state index in [-0.39, 0.29) is 31.1 Å². The van der Waals surface area contributed by atoms with E-state index >= 15 is 0 Å². The Hall–Kier alpha value is -1.59. The Morgan fingerprint density at radius 1 is 0.352 bits per heavy atom. The van der Waals surface area contributed by atoms with Crippen LogP contribution in [0.4, 0.5) is 0 Å². The third-order valence-electron chi connectivity index (χ3n) is 10.8. The molecule has 0 aromatic rings. The Bertz CT molecular complexity index is 811. The Morgan fingerprint density at radius 2 is 0.611 bits per heavy atom. The summed E-state index contributed by atoms with van der Waals surface area (Å²) in [7, 11) is 0. The summed E-state index contributed by atoms with van der Waals surface area (Å²) < 4.78 is 16.7. The van der Waals surface area contributed by atoms with Gasteiger partial charge in [0.2, 0.25) is 0 Å². The van der Waals surface area contributed by atoms with E-state index in [9.17, 15) is 14.4 Å². The topological polar surface area (TPSA) is 78.9 Å². The van der Waals surface area contributed by atoms with Crippen LogP contribution in [-0.2, 0) is 28.6 Å². The van der Waals surface area contributed by atoms with E-state index in [2.05, 4.69) is 27.7 Å². The van der Waals surface area contributed by atoms with Gasteiger partial charge in [0, 0.05) is 19.3 Å². The summed E-state index contributed by atoms with van der Waals surface area (Å²) >= 11 is 0. The van der Waals surface area contributed by atoms with Crippen molar-refractivity contribution in [1.29, 1.82) is 0 Å². The molecule has 1 atom stereocenters. The molecule has 0 aliphatic rings. The molecule has 0 fully saturated rings. The van der Waals surface area contributed by atoms with E-state index < -0.39 is 6.10 Å². The van der Waals surface area contributed by atoms with Crippen molar-refractivity contribution in [3.63, 3.8) is 0 Å². The highest BCUT2D eigenvalue weighted by atomic mass is 16.6. The molecule has 0 heterocycles. The number of esters is 3. The number of carbonyl (C=O) groups is 3. The molecule has 0 bridgehead atoms. The van der Waals surface area contributed by atoms with Crippen molar-refractivity contribution >= 4 is 17.9 Å². The Kier molecular flexibility index (Phi) is 41.3. The van der Waals surface area contributed by atoms with Crippen LogP contribution in [0.3, 0.4) is 0 Å². The minimum atomic E-state index is -0.759. The van der Waals surface area contributed by atoms with Gasteiger partial charge in [-0.05, 0) is 25.2 Å². The van der Waals surface area contributed by atoms with Gasteiger partial charge in [0.1, 0.15) is 13.2 Å². The molecule has 0 aromatic carbocycles. The van der Waals surface area contributed by atoms with E-state index in [4.69, 9.17) is 14.2 Å². The van der Waals surface area contributed by atoms with Gasteiger partial charge in [-0.15, -0.1) is 0 Å². The molecule has 0 aromatic heterocycles. The number of hydrogen-bond donors (Lipinski definition) is 0. The van der Waals surface area contributed by atoms with E-state index in [0.717, 1.165) is 63.7 Å². The molecule has 0 saturated carbocycles. The molecule has 6 heteroatoms. The van der Waals surface area contributed by atoms with Crippen LogP contribution in [0.25, 0.3) is 0 Å². The highest BCUT2D eigenvalue weighted by molar-refractivity contribution is 5.71. The number of ether oxygens (including phenoxy) is 3. The molecule has 0 amide bonds. The number of carbonyl (C=O) groups excluding carboxylic acids is 3. The van der Waals surface area contributed by atoms with Crippen molar-refractivity contribution in [2.24, 2.45) is 5.92 Å². The average molecular weight is 765 g/mol. The summed E-state index contributed by atoms with van der Waals surface area (Å²) in [5.74, 6) is -0.0665. The van der Waals surface area contributed by atoms with Crippen molar-refractivity contribution in [2.45, 2.75) is 271 Å². The van der Waals surface area contributed by atoms with Crippen LogP contribution < -0.4 is 0 Å². The largest absolute Gasteiger partial charge is 0.462 e. The molecule has 0 rings (SSSR count). The summed E-state index contributed by atoms with van der Waals surface area (Å²) in [6.07, 6.45) is 42.5. The SMILES string of the molecule is CCCCCCCCCCCCCCCCCCCCC(=O)OC[C@H](COC(=O)CCCCCCCCC)OC(=O)CCCCCCCCCCC(C)C. The molecule has 54 heavy (non-hydrogen) atoms. The maximum Gasteiger partial charge on any atom is 0.306 e. The number of hydrogen-bond acceptors (Lipinski definition) is 6. The fourth-order valence-electron chi connectivity index (χ4n) is 7.16. The standard InChI is InChI=1S/C48H92O6/c1-5-7-9-11-13-14-15-16-17-18-19-20-21-22-23-28-32-36-40-47(50)53-43-45(42-52-46(49)39-35-31-26-12-10-8-6-2)54-48(51)41-37-33-29-25-24-27-30-34-38-44(3)4/h44-45H,5-43H2,1-4H3/t45-/m0/s1. The lowest BCUT2D eigenvalue weighted by atomic mass is 10.0. The highest BCUT2D eigenvalue weighted by Gasteiger charge is 2.19. The Balaban J connectivity index is 4.18.